The second kappa shape index (κ2) is 4.49. The third kappa shape index (κ3) is 1.86. The van der Waals surface area contributed by atoms with Gasteiger partial charge >= 0.3 is 5.97 Å². The van der Waals surface area contributed by atoms with Crippen molar-refractivity contribution in [2.45, 2.75) is 13.8 Å². The van der Waals surface area contributed by atoms with Gasteiger partial charge in [-0.05, 0) is 37.1 Å². The standard InChI is InChI=1S/C16H13NO3/c1-9-7-8-10(2)14(16(18)19)13(9)15-17-11-5-3-4-6-12(11)20-15/h3-8H,1-2H3,(H,18,19). The molecule has 20 heavy (non-hydrogen) atoms. The SMILES string of the molecule is Cc1ccc(C)c(-c2nc3ccccc3o2)c1C(=O)O. The maximum Gasteiger partial charge on any atom is 0.336 e. The lowest BCUT2D eigenvalue weighted by molar-refractivity contribution is 0.0696. The molecule has 0 aliphatic rings. The number of oxazole rings is 1. The van der Waals surface area contributed by atoms with Crippen LogP contribution < -0.4 is 0 Å². The van der Waals surface area contributed by atoms with Crippen LogP contribution in [0.3, 0.4) is 0 Å². The van der Waals surface area contributed by atoms with Gasteiger partial charge in [0.05, 0.1) is 11.1 Å². The Kier molecular flexibility index (Phi) is 2.79. The third-order valence-corrected chi connectivity index (χ3v) is 3.34. The molecule has 1 heterocycles. The Bertz CT molecular complexity index is 785. The molecule has 0 saturated carbocycles. The highest BCUT2D eigenvalue weighted by atomic mass is 16.4. The molecule has 100 valence electrons. The van der Waals surface area contributed by atoms with Crippen LogP contribution in [0.1, 0.15) is 21.5 Å². The maximum atomic E-state index is 11.5. The average molecular weight is 267 g/mol. The van der Waals surface area contributed by atoms with Crippen molar-refractivity contribution < 1.29 is 14.3 Å². The smallest absolute Gasteiger partial charge is 0.336 e. The zero-order valence-corrected chi connectivity index (χ0v) is 11.2. The number of nitrogens with zero attached hydrogens (tertiary/aromatic N) is 1. The second-order valence-corrected chi connectivity index (χ2v) is 4.74. The number of aromatic nitrogens is 1. The van der Waals surface area contributed by atoms with Crippen LogP contribution in [0.15, 0.2) is 40.8 Å². The summed E-state index contributed by atoms with van der Waals surface area (Å²) in [6.07, 6.45) is 0. The molecule has 4 nitrogen and oxygen atoms in total. The molecule has 3 aromatic rings. The highest BCUT2D eigenvalue weighted by molar-refractivity contribution is 5.97. The molecule has 0 amide bonds. The average Bonchev–Trinajstić information content (AvgIpc) is 2.83. The molecular weight excluding hydrogens is 254 g/mol. The number of rotatable bonds is 2. The van der Waals surface area contributed by atoms with Crippen molar-refractivity contribution in [1.82, 2.24) is 4.98 Å². The molecule has 0 bridgehead atoms. The Morgan fingerprint density at radius 3 is 2.50 bits per heavy atom. The lowest BCUT2D eigenvalue weighted by atomic mass is 9.97. The first-order chi connectivity index (χ1) is 9.58. The molecule has 0 spiro atoms. The molecule has 0 aliphatic carbocycles. The van der Waals surface area contributed by atoms with Crippen molar-refractivity contribution in [1.29, 1.82) is 0 Å². The summed E-state index contributed by atoms with van der Waals surface area (Å²) in [6, 6.07) is 11.1. The highest BCUT2D eigenvalue weighted by Gasteiger charge is 2.21. The molecule has 0 atom stereocenters. The van der Waals surface area contributed by atoms with Crippen molar-refractivity contribution in [3.8, 4) is 11.5 Å². The topological polar surface area (TPSA) is 63.3 Å². The van der Waals surface area contributed by atoms with E-state index >= 15 is 0 Å². The summed E-state index contributed by atoms with van der Waals surface area (Å²) in [4.78, 5) is 15.9. The first kappa shape index (κ1) is 12.4. The summed E-state index contributed by atoms with van der Waals surface area (Å²) in [6.45, 7) is 3.63. The Hall–Kier alpha value is -2.62. The largest absolute Gasteiger partial charge is 0.478 e. The van der Waals surface area contributed by atoms with Gasteiger partial charge in [-0.2, -0.15) is 0 Å². The lowest BCUT2D eigenvalue weighted by Crippen LogP contribution is -2.04. The van der Waals surface area contributed by atoms with E-state index in [1.165, 1.54) is 0 Å². The van der Waals surface area contributed by atoms with Crippen LogP contribution in [0.5, 0.6) is 0 Å². The molecule has 0 fully saturated rings. The predicted molar refractivity (Wildman–Crippen MR) is 75.9 cm³/mol. The monoisotopic (exact) mass is 267 g/mol. The molecule has 0 unspecified atom stereocenters. The third-order valence-electron chi connectivity index (χ3n) is 3.34. The molecule has 1 N–H and O–H groups in total. The summed E-state index contributed by atoms with van der Waals surface area (Å²) < 4.78 is 5.71. The first-order valence-electron chi connectivity index (χ1n) is 6.27. The van der Waals surface area contributed by atoms with Crippen LogP contribution in [0.25, 0.3) is 22.6 Å². The van der Waals surface area contributed by atoms with Gasteiger partial charge in [-0.1, -0.05) is 24.3 Å². The number of fused-ring (bicyclic) bond motifs is 1. The Morgan fingerprint density at radius 1 is 1.10 bits per heavy atom. The number of aryl methyl sites for hydroxylation is 2. The van der Waals surface area contributed by atoms with Crippen LogP contribution in [-0.4, -0.2) is 16.1 Å². The van der Waals surface area contributed by atoms with E-state index in [4.69, 9.17) is 4.42 Å². The van der Waals surface area contributed by atoms with E-state index in [2.05, 4.69) is 4.98 Å². The van der Waals surface area contributed by atoms with Gasteiger partial charge in [0.1, 0.15) is 5.52 Å². The Morgan fingerprint density at radius 2 is 1.80 bits per heavy atom. The van der Waals surface area contributed by atoms with Gasteiger partial charge in [0.2, 0.25) is 5.89 Å². The zero-order chi connectivity index (χ0) is 14.3. The number of hydrogen-bond acceptors (Lipinski definition) is 3. The fourth-order valence-corrected chi connectivity index (χ4v) is 2.34. The summed E-state index contributed by atoms with van der Waals surface area (Å²) in [7, 11) is 0. The van der Waals surface area contributed by atoms with Gasteiger partial charge in [0, 0.05) is 0 Å². The van der Waals surface area contributed by atoms with Gasteiger partial charge in [-0.15, -0.1) is 0 Å². The van der Waals surface area contributed by atoms with Crippen molar-refractivity contribution in [3.05, 3.63) is 53.1 Å². The van der Waals surface area contributed by atoms with Crippen LogP contribution in [-0.2, 0) is 0 Å². The van der Waals surface area contributed by atoms with E-state index in [-0.39, 0.29) is 5.56 Å². The quantitative estimate of drug-likeness (QED) is 0.766. The minimum absolute atomic E-state index is 0.247. The first-order valence-corrected chi connectivity index (χ1v) is 6.27. The molecular formula is C16H13NO3. The van der Waals surface area contributed by atoms with E-state index < -0.39 is 5.97 Å². The van der Waals surface area contributed by atoms with Gasteiger partial charge in [-0.3, -0.25) is 0 Å². The molecule has 0 saturated heterocycles. The van der Waals surface area contributed by atoms with E-state index in [0.29, 0.717) is 22.6 Å². The number of hydrogen-bond donors (Lipinski definition) is 1. The fourth-order valence-electron chi connectivity index (χ4n) is 2.34. The number of carbonyl (C=O) groups is 1. The maximum absolute atomic E-state index is 11.5. The van der Waals surface area contributed by atoms with Crippen molar-refractivity contribution in [3.63, 3.8) is 0 Å². The van der Waals surface area contributed by atoms with E-state index in [1.54, 1.807) is 13.0 Å². The van der Waals surface area contributed by atoms with Crippen LogP contribution >= 0.6 is 0 Å². The van der Waals surface area contributed by atoms with Crippen molar-refractivity contribution in [2.24, 2.45) is 0 Å². The summed E-state index contributed by atoms with van der Waals surface area (Å²) in [5.74, 6) is -0.617. The van der Waals surface area contributed by atoms with Gasteiger partial charge in [-0.25, -0.2) is 9.78 Å². The number of benzene rings is 2. The molecule has 4 heteroatoms. The number of para-hydroxylation sites is 2. The van der Waals surface area contributed by atoms with Crippen LogP contribution in [0, 0.1) is 13.8 Å². The Balaban J connectivity index is 2.33. The van der Waals surface area contributed by atoms with Crippen molar-refractivity contribution in [2.75, 3.05) is 0 Å². The highest BCUT2D eigenvalue weighted by Crippen LogP contribution is 2.31. The van der Waals surface area contributed by atoms with E-state index in [1.807, 2.05) is 37.3 Å². The van der Waals surface area contributed by atoms with Crippen LogP contribution in [0.4, 0.5) is 0 Å². The molecule has 2 aromatic carbocycles. The molecule has 3 rings (SSSR count). The minimum atomic E-state index is -0.969. The fraction of sp³-hybridized carbons (Fsp3) is 0.125. The lowest BCUT2D eigenvalue weighted by Gasteiger charge is -2.09. The second-order valence-electron chi connectivity index (χ2n) is 4.74. The van der Waals surface area contributed by atoms with Crippen molar-refractivity contribution >= 4 is 17.1 Å². The van der Waals surface area contributed by atoms with Gasteiger partial charge in [0.15, 0.2) is 5.58 Å². The number of aromatic carboxylic acids is 1. The molecule has 0 radical (unpaired) electrons. The summed E-state index contributed by atoms with van der Waals surface area (Å²) >= 11 is 0. The predicted octanol–water partition coefficient (Wildman–Crippen LogP) is 3.81. The summed E-state index contributed by atoms with van der Waals surface area (Å²) in [5.41, 5.74) is 3.70. The van der Waals surface area contributed by atoms with Gasteiger partial charge in [0.25, 0.3) is 0 Å². The molecule has 1 aromatic heterocycles. The zero-order valence-electron chi connectivity index (χ0n) is 11.2. The Labute approximate surface area is 115 Å². The number of carboxylic acid groups (broad SMARTS) is 1. The number of carboxylic acids is 1. The van der Waals surface area contributed by atoms with E-state index in [9.17, 15) is 9.90 Å². The van der Waals surface area contributed by atoms with Gasteiger partial charge < -0.3 is 9.52 Å². The molecule has 0 aliphatic heterocycles. The summed E-state index contributed by atoms with van der Waals surface area (Å²) in [5, 5.41) is 9.44. The normalized spacial score (nSPS) is 10.9. The van der Waals surface area contributed by atoms with E-state index in [0.717, 1.165) is 11.1 Å². The van der Waals surface area contributed by atoms with Crippen LogP contribution in [0.2, 0.25) is 0 Å². The minimum Gasteiger partial charge on any atom is -0.478 e.